The quantitative estimate of drug-likeness (QED) is 0.712. The summed E-state index contributed by atoms with van der Waals surface area (Å²) in [6.45, 7) is 9.27. The second-order valence-electron chi connectivity index (χ2n) is 4.83. The van der Waals surface area contributed by atoms with Gasteiger partial charge in [-0.25, -0.2) is 0 Å². The van der Waals surface area contributed by atoms with Gasteiger partial charge >= 0.3 is 0 Å². The van der Waals surface area contributed by atoms with Crippen LogP contribution >= 0.6 is 0 Å². The molecular formula is C11H20N4. The lowest BCUT2D eigenvalue weighted by Gasteiger charge is -2.35. The van der Waals surface area contributed by atoms with Crippen molar-refractivity contribution in [3.05, 3.63) is 0 Å². The minimum absolute atomic E-state index is 0.0507. The third-order valence-corrected chi connectivity index (χ3v) is 2.50. The lowest BCUT2D eigenvalue weighted by molar-refractivity contribution is 0.114. The van der Waals surface area contributed by atoms with E-state index in [0.717, 1.165) is 19.4 Å². The van der Waals surface area contributed by atoms with E-state index in [-0.39, 0.29) is 11.7 Å². The van der Waals surface area contributed by atoms with Crippen molar-refractivity contribution in [1.29, 1.82) is 5.26 Å². The molecule has 1 rings (SSSR count). The number of unbranched alkanes of at least 4 members (excludes halogenated alkanes) is 1. The van der Waals surface area contributed by atoms with E-state index < -0.39 is 0 Å². The zero-order valence-corrected chi connectivity index (χ0v) is 10.1. The lowest BCUT2D eigenvalue weighted by Crippen LogP contribution is -2.48. The smallest absolute Gasteiger partial charge is 0.208 e. The highest BCUT2D eigenvalue weighted by Crippen LogP contribution is 2.22. The number of rotatable bonds is 3. The molecule has 0 N–H and O–H groups in total. The fourth-order valence-corrected chi connectivity index (χ4v) is 1.56. The van der Waals surface area contributed by atoms with Crippen molar-refractivity contribution in [1.82, 2.24) is 9.91 Å². The van der Waals surface area contributed by atoms with Gasteiger partial charge in [0.1, 0.15) is 12.4 Å². The molecule has 15 heavy (non-hydrogen) atoms. The summed E-state index contributed by atoms with van der Waals surface area (Å²) in [6, 6.07) is 2.31. The largest absolute Gasteiger partial charge is 0.323 e. The van der Waals surface area contributed by atoms with E-state index in [9.17, 15) is 0 Å². The summed E-state index contributed by atoms with van der Waals surface area (Å²) in [5.74, 6) is 0. The maximum absolute atomic E-state index is 9.16. The normalized spacial score (nSPS) is 20.9. The Morgan fingerprint density at radius 2 is 2.13 bits per heavy atom. The fraction of sp³-hybridized carbons (Fsp3) is 0.818. The van der Waals surface area contributed by atoms with Gasteiger partial charge in [0.25, 0.3) is 0 Å². The van der Waals surface area contributed by atoms with E-state index in [2.05, 4.69) is 38.9 Å². The first kappa shape index (κ1) is 11.8. The van der Waals surface area contributed by atoms with Crippen LogP contribution in [0.5, 0.6) is 0 Å². The maximum atomic E-state index is 9.16. The van der Waals surface area contributed by atoms with Crippen LogP contribution in [0.25, 0.3) is 0 Å². The van der Waals surface area contributed by atoms with Crippen molar-refractivity contribution in [2.45, 2.75) is 52.2 Å². The molecular weight excluding hydrogens is 188 g/mol. The van der Waals surface area contributed by atoms with Crippen LogP contribution < -0.4 is 0 Å². The Kier molecular flexibility index (Phi) is 3.57. The average molecular weight is 208 g/mol. The van der Waals surface area contributed by atoms with Gasteiger partial charge in [0.05, 0.1) is 0 Å². The van der Waals surface area contributed by atoms with Gasteiger partial charge in [0.2, 0.25) is 6.17 Å². The van der Waals surface area contributed by atoms with Crippen LogP contribution in [-0.4, -0.2) is 34.5 Å². The zero-order chi connectivity index (χ0) is 11.5. The third-order valence-electron chi connectivity index (χ3n) is 2.50. The lowest BCUT2D eigenvalue weighted by atomic mass is 10.1. The van der Waals surface area contributed by atoms with E-state index in [1.54, 1.807) is 6.34 Å². The van der Waals surface area contributed by atoms with Crippen molar-refractivity contribution in [2.75, 3.05) is 6.54 Å². The van der Waals surface area contributed by atoms with Crippen LogP contribution in [0, 0.1) is 11.3 Å². The maximum Gasteiger partial charge on any atom is 0.208 e. The first-order valence-corrected chi connectivity index (χ1v) is 5.49. The Hall–Kier alpha value is -1.24. The second-order valence-corrected chi connectivity index (χ2v) is 4.83. The molecule has 0 aliphatic carbocycles. The summed E-state index contributed by atoms with van der Waals surface area (Å²) in [5.41, 5.74) is -0.0507. The van der Waals surface area contributed by atoms with Crippen molar-refractivity contribution in [3.8, 4) is 6.07 Å². The van der Waals surface area contributed by atoms with Gasteiger partial charge in [-0.1, -0.05) is 13.3 Å². The first-order chi connectivity index (χ1) is 7.00. The minimum atomic E-state index is -0.239. The number of nitriles is 1. The van der Waals surface area contributed by atoms with Gasteiger partial charge in [-0.15, -0.1) is 0 Å². The van der Waals surface area contributed by atoms with Crippen molar-refractivity contribution >= 4 is 6.34 Å². The Labute approximate surface area is 92.2 Å². The molecule has 0 aromatic heterocycles. The predicted molar refractivity (Wildman–Crippen MR) is 61.1 cm³/mol. The molecule has 1 aliphatic rings. The van der Waals surface area contributed by atoms with Crippen LogP contribution in [0.4, 0.5) is 0 Å². The van der Waals surface area contributed by atoms with Gasteiger partial charge in [0, 0.05) is 12.1 Å². The van der Waals surface area contributed by atoms with Crippen LogP contribution in [-0.2, 0) is 0 Å². The van der Waals surface area contributed by atoms with E-state index in [4.69, 9.17) is 5.26 Å². The third kappa shape index (κ3) is 2.62. The number of hydrogen-bond acceptors (Lipinski definition) is 4. The number of hydrazone groups is 1. The molecule has 0 aromatic carbocycles. The van der Waals surface area contributed by atoms with Crippen molar-refractivity contribution < 1.29 is 0 Å². The van der Waals surface area contributed by atoms with Crippen LogP contribution in [0.1, 0.15) is 40.5 Å². The highest BCUT2D eigenvalue weighted by Gasteiger charge is 2.34. The predicted octanol–water partition coefficient (Wildman–Crippen LogP) is 2.00. The molecule has 1 aliphatic heterocycles. The molecule has 0 fully saturated rings. The molecule has 0 aromatic rings. The van der Waals surface area contributed by atoms with Crippen LogP contribution in [0.2, 0.25) is 0 Å². The Morgan fingerprint density at radius 1 is 1.47 bits per heavy atom. The van der Waals surface area contributed by atoms with E-state index in [1.165, 1.54) is 0 Å². The Balaban J connectivity index is 2.67. The Bertz CT molecular complexity index is 271. The Morgan fingerprint density at radius 3 is 2.60 bits per heavy atom. The minimum Gasteiger partial charge on any atom is -0.323 e. The summed E-state index contributed by atoms with van der Waals surface area (Å²) in [5, 5.41) is 15.3. The first-order valence-electron chi connectivity index (χ1n) is 5.49. The summed E-state index contributed by atoms with van der Waals surface area (Å²) >= 11 is 0. The average Bonchev–Trinajstić information content (AvgIpc) is 2.56. The van der Waals surface area contributed by atoms with Gasteiger partial charge in [0.15, 0.2) is 0 Å². The molecule has 0 spiro atoms. The second kappa shape index (κ2) is 4.52. The molecule has 1 heterocycles. The molecule has 0 bridgehead atoms. The molecule has 1 unspecified atom stereocenters. The topological polar surface area (TPSA) is 42.6 Å². The van der Waals surface area contributed by atoms with E-state index in [0.29, 0.717) is 0 Å². The van der Waals surface area contributed by atoms with E-state index >= 15 is 0 Å². The summed E-state index contributed by atoms with van der Waals surface area (Å²) in [6.07, 6.45) is 3.74. The summed E-state index contributed by atoms with van der Waals surface area (Å²) < 4.78 is 0. The SMILES string of the molecule is CCCCN1N=CN(C(C)(C)C)C1C#N. The van der Waals surface area contributed by atoms with Gasteiger partial charge in [-0.3, -0.25) is 5.01 Å². The summed E-state index contributed by atoms with van der Waals surface area (Å²) in [7, 11) is 0. The van der Waals surface area contributed by atoms with Crippen molar-refractivity contribution in [3.63, 3.8) is 0 Å². The van der Waals surface area contributed by atoms with Gasteiger partial charge in [-0.2, -0.15) is 10.4 Å². The molecule has 4 nitrogen and oxygen atoms in total. The monoisotopic (exact) mass is 208 g/mol. The molecule has 0 saturated heterocycles. The van der Waals surface area contributed by atoms with Crippen molar-refractivity contribution in [2.24, 2.45) is 5.10 Å². The molecule has 0 radical (unpaired) electrons. The van der Waals surface area contributed by atoms with Gasteiger partial charge in [-0.05, 0) is 27.2 Å². The highest BCUT2D eigenvalue weighted by atomic mass is 15.6. The zero-order valence-electron chi connectivity index (χ0n) is 10.1. The molecule has 0 amide bonds. The molecule has 4 heteroatoms. The molecule has 84 valence electrons. The fourth-order valence-electron chi connectivity index (χ4n) is 1.56. The van der Waals surface area contributed by atoms with Gasteiger partial charge < -0.3 is 4.90 Å². The standard InChI is InChI=1S/C11H20N4/c1-5-6-7-15-10(8-12)14(9-13-15)11(2,3)4/h9-10H,5-7H2,1-4H3. The molecule has 1 atom stereocenters. The van der Waals surface area contributed by atoms with Crippen LogP contribution in [0.15, 0.2) is 5.10 Å². The highest BCUT2D eigenvalue weighted by molar-refractivity contribution is 5.59. The van der Waals surface area contributed by atoms with E-state index in [1.807, 2.05) is 9.91 Å². The number of hydrogen-bond donors (Lipinski definition) is 0. The number of nitrogens with zero attached hydrogens (tertiary/aromatic N) is 4. The molecule has 0 saturated carbocycles. The summed E-state index contributed by atoms with van der Waals surface area (Å²) in [4.78, 5) is 2.00. The van der Waals surface area contributed by atoms with Crippen LogP contribution in [0.3, 0.4) is 0 Å².